The lowest BCUT2D eigenvalue weighted by atomic mass is 9.99. The van der Waals surface area contributed by atoms with E-state index in [2.05, 4.69) is 15.5 Å². The first-order chi connectivity index (χ1) is 12.5. The second-order valence-corrected chi connectivity index (χ2v) is 7.60. The minimum absolute atomic E-state index is 0.00931. The highest BCUT2D eigenvalue weighted by atomic mass is 35.5. The number of aromatic amines is 1. The Balaban J connectivity index is 1.57. The zero-order valence-corrected chi connectivity index (χ0v) is 15.5. The summed E-state index contributed by atoms with van der Waals surface area (Å²) in [5.41, 5.74) is 3.46. The quantitative estimate of drug-likeness (QED) is 0.653. The van der Waals surface area contributed by atoms with Gasteiger partial charge in [0.1, 0.15) is 11.5 Å². The van der Waals surface area contributed by atoms with Crippen LogP contribution >= 0.6 is 22.9 Å². The van der Waals surface area contributed by atoms with Crippen LogP contribution in [0.4, 0.5) is 14.9 Å². The number of H-pyrrole nitrogens is 1. The molecule has 2 N–H and O–H groups in total. The lowest BCUT2D eigenvalue weighted by Crippen LogP contribution is -2.44. The van der Waals surface area contributed by atoms with E-state index in [1.807, 2.05) is 24.4 Å². The molecule has 1 aromatic carbocycles. The number of aromatic nitrogens is 2. The molecule has 4 rings (SSSR count). The fraction of sp³-hybridized carbons (Fsp3) is 0.222. The van der Waals surface area contributed by atoms with Gasteiger partial charge in [0.05, 0.1) is 16.4 Å². The van der Waals surface area contributed by atoms with Gasteiger partial charge in [-0.05, 0) is 36.6 Å². The molecule has 134 valence electrons. The normalized spacial score (nSPS) is 16.4. The van der Waals surface area contributed by atoms with Crippen molar-refractivity contribution in [2.24, 2.45) is 0 Å². The number of urea groups is 1. The van der Waals surface area contributed by atoms with Gasteiger partial charge in [0.25, 0.3) is 0 Å². The van der Waals surface area contributed by atoms with Crippen LogP contribution in [0.5, 0.6) is 0 Å². The van der Waals surface area contributed by atoms with Crippen LogP contribution in [0.1, 0.15) is 18.2 Å². The summed E-state index contributed by atoms with van der Waals surface area (Å²) in [6.07, 6.45) is 0.700. The van der Waals surface area contributed by atoms with Crippen LogP contribution in [-0.4, -0.2) is 27.2 Å². The summed E-state index contributed by atoms with van der Waals surface area (Å²) < 4.78 is 13.3. The molecule has 3 aromatic rings. The maximum Gasteiger partial charge on any atom is 0.322 e. The molecule has 1 aliphatic heterocycles. The number of thiophene rings is 1. The van der Waals surface area contributed by atoms with Gasteiger partial charge in [0.15, 0.2) is 0 Å². The first-order valence-electron chi connectivity index (χ1n) is 8.15. The van der Waals surface area contributed by atoms with Crippen LogP contribution < -0.4 is 5.32 Å². The number of rotatable bonds is 2. The Hall–Kier alpha value is -2.38. The summed E-state index contributed by atoms with van der Waals surface area (Å²) in [6, 6.07) is 7.90. The monoisotopic (exact) mass is 390 g/mol. The molecule has 1 unspecified atom stereocenters. The molecule has 0 saturated carbocycles. The third-order valence-corrected chi connectivity index (χ3v) is 5.67. The molecule has 0 fully saturated rings. The minimum atomic E-state index is -0.514. The van der Waals surface area contributed by atoms with Crippen molar-refractivity contribution in [1.82, 2.24) is 15.1 Å². The van der Waals surface area contributed by atoms with Crippen molar-refractivity contribution < 1.29 is 9.18 Å². The molecular formula is C18H16ClFN4OS. The minimum Gasteiger partial charge on any atom is -0.317 e. The van der Waals surface area contributed by atoms with Gasteiger partial charge < -0.3 is 10.2 Å². The van der Waals surface area contributed by atoms with Crippen molar-refractivity contribution in [3.63, 3.8) is 0 Å². The molecule has 0 bridgehead atoms. The highest BCUT2D eigenvalue weighted by Gasteiger charge is 2.31. The summed E-state index contributed by atoms with van der Waals surface area (Å²) >= 11 is 7.41. The molecule has 0 spiro atoms. The topological polar surface area (TPSA) is 61.0 Å². The van der Waals surface area contributed by atoms with E-state index in [-0.39, 0.29) is 17.1 Å². The van der Waals surface area contributed by atoms with Crippen LogP contribution in [0.15, 0.2) is 35.7 Å². The van der Waals surface area contributed by atoms with E-state index in [0.717, 1.165) is 21.8 Å². The average molecular weight is 391 g/mol. The molecule has 2 aromatic heterocycles. The van der Waals surface area contributed by atoms with Gasteiger partial charge in [-0.2, -0.15) is 5.10 Å². The van der Waals surface area contributed by atoms with Gasteiger partial charge in [-0.3, -0.25) is 5.10 Å². The highest BCUT2D eigenvalue weighted by Crippen LogP contribution is 2.33. The van der Waals surface area contributed by atoms with Crippen molar-refractivity contribution in [2.75, 3.05) is 5.32 Å². The van der Waals surface area contributed by atoms with Crippen molar-refractivity contribution in [2.45, 2.75) is 25.9 Å². The lowest BCUT2D eigenvalue weighted by molar-refractivity contribution is 0.182. The number of hydrogen-bond acceptors (Lipinski definition) is 3. The van der Waals surface area contributed by atoms with Gasteiger partial charge in [0.2, 0.25) is 0 Å². The first-order valence-corrected chi connectivity index (χ1v) is 9.41. The molecule has 1 aliphatic rings. The summed E-state index contributed by atoms with van der Waals surface area (Å²) in [5.74, 6) is -0.514. The molecular weight excluding hydrogens is 375 g/mol. The molecule has 0 saturated heterocycles. The van der Waals surface area contributed by atoms with Crippen molar-refractivity contribution in [3.8, 4) is 10.6 Å². The number of hydrogen-bond donors (Lipinski definition) is 2. The third-order valence-electron chi connectivity index (χ3n) is 4.50. The van der Waals surface area contributed by atoms with Crippen molar-refractivity contribution >= 4 is 34.7 Å². The molecule has 8 heteroatoms. The maximum atomic E-state index is 13.3. The number of anilines is 1. The summed E-state index contributed by atoms with van der Waals surface area (Å²) in [7, 11) is 0. The standard InChI is InChI=1S/C18H16ClFN4OS/c1-10-7-15-12(17(23-22-15)16-3-2-6-26-16)9-24(10)18(25)21-11-4-5-14(20)13(19)8-11/h2-6,8,10H,7,9H2,1H3,(H,21,25)(H,22,23). The Bertz CT molecular complexity index is 956. The Morgan fingerprint density at radius 3 is 3.04 bits per heavy atom. The van der Waals surface area contributed by atoms with Crippen LogP contribution in [0.2, 0.25) is 5.02 Å². The van der Waals surface area contributed by atoms with E-state index >= 15 is 0 Å². The molecule has 0 aliphatic carbocycles. The van der Waals surface area contributed by atoms with Crippen LogP contribution in [0.3, 0.4) is 0 Å². The SMILES string of the molecule is CC1Cc2[nH]nc(-c3cccs3)c2CN1C(=O)Nc1ccc(F)c(Cl)c1. The average Bonchev–Trinajstić information content (AvgIpc) is 3.26. The van der Waals surface area contributed by atoms with Gasteiger partial charge in [-0.1, -0.05) is 17.7 Å². The van der Waals surface area contributed by atoms with Gasteiger partial charge in [0, 0.05) is 29.4 Å². The third kappa shape index (κ3) is 3.08. The first kappa shape index (κ1) is 17.1. The fourth-order valence-corrected chi connectivity index (χ4v) is 4.05. The number of nitrogens with one attached hydrogen (secondary N) is 2. The molecule has 0 radical (unpaired) electrons. The van der Waals surface area contributed by atoms with E-state index < -0.39 is 5.82 Å². The second-order valence-electron chi connectivity index (χ2n) is 6.25. The predicted octanol–water partition coefficient (Wildman–Crippen LogP) is 4.91. The van der Waals surface area contributed by atoms with Gasteiger partial charge in [-0.15, -0.1) is 11.3 Å². The Labute approximate surface area is 158 Å². The predicted molar refractivity (Wildman–Crippen MR) is 101 cm³/mol. The van der Waals surface area contributed by atoms with Crippen molar-refractivity contribution in [1.29, 1.82) is 0 Å². The summed E-state index contributed by atoms with van der Waals surface area (Å²) in [5, 5.41) is 12.3. The number of nitrogens with zero attached hydrogens (tertiary/aromatic N) is 2. The number of benzene rings is 1. The van der Waals surface area contributed by atoms with E-state index in [9.17, 15) is 9.18 Å². The van der Waals surface area contributed by atoms with Crippen molar-refractivity contribution in [3.05, 3.63) is 57.8 Å². The number of fused-ring (bicyclic) bond motifs is 1. The fourth-order valence-electron chi connectivity index (χ4n) is 3.13. The van der Waals surface area contributed by atoms with Crippen LogP contribution in [0.25, 0.3) is 10.6 Å². The molecule has 1 atom stereocenters. The summed E-state index contributed by atoms with van der Waals surface area (Å²) in [6.45, 7) is 2.45. The van der Waals surface area contributed by atoms with E-state index in [0.29, 0.717) is 18.7 Å². The molecule has 26 heavy (non-hydrogen) atoms. The molecule has 3 heterocycles. The Morgan fingerprint density at radius 2 is 2.31 bits per heavy atom. The highest BCUT2D eigenvalue weighted by molar-refractivity contribution is 7.13. The van der Waals surface area contributed by atoms with E-state index in [1.165, 1.54) is 18.2 Å². The largest absolute Gasteiger partial charge is 0.322 e. The Kier molecular flexibility index (Phi) is 4.42. The number of amides is 2. The van der Waals surface area contributed by atoms with Gasteiger partial charge >= 0.3 is 6.03 Å². The van der Waals surface area contributed by atoms with E-state index in [1.54, 1.807) is 16.2 Å². The maximum absolute atomic E-state index is 13.3. The second kappa shape index (κ2) is 6.74. The van der Waals surface area contributed by atoms with E-state index in [4.69, 9.17) is 11.6 Å². The number of carbonyl (C=O) groups is 1. The smallest absolute Gasteiger partial charge is 0.317 e. The number of halogens is 2. The zero-order valence-electron chi connectivity index (χ0n) is 13.9. The number of carbonyl (C=O) groups excluding carboxylic acids is 1. The lowest BCUT2D eigenvalue weighted by Gasteiger charge is -2.33. The van der Waals surface area contributed by atoms with Crippen LogP contribution in [-0.2, 0) is 13.0 Å². The summed E-state index contributed by atoms with van der Waals surface area (Å²) in [4.78, 5) is 15.6. The van der Waals surface area contributed by atoms with Gasteiger partial charge in [-0.25, -0.2) is 9.18 Å². The molecule has 2 amide bonds. The molecule has 5 nitrogen and oxygen atoms in total. The van der Waals surface area contributed by atoms with Crippen LogP contribution in [0, 0.1) is 5.82 Å². The zero-order chi connectivity index (χ0) is 18.3. The Morgan fingerprint density at radius 1 is 1.46 bits per heavy atom.